The van der Waals surface area contributed by atoms with Crippen molar-refractivity contribution in [3.05, 3.63) is 87.2 Å². The van der Waals surface area contributed by atoms with Crippen LogP contribution in [-0.2, 0) is 11.3 Å². The number of rotatable bonds is 4. The van der Waals surface area contributed by atoms with E-state index in [9.17, 15) is 9.59 Å². The molecule has 0 spiro atoms. The van der Waals surface area contributed by atoms with Crippen LogP contribution >= 0.6 is 11.6 Å². The molecule has 4 rings (SSSR count). The first-order valence-electron chi connectivity index (χ1n) is 8.80. The van der Waals surface area contributed by atoms with Crippen molar-refractivity contribution < 1.29 is 9.53 Å². The summed E-state index contributed by atoms with van der Waals surface area (Å²) in [4.78, 5) is 29.7. The fourth-order valence-electron chi connectivity index (χ4n) is 3.30. The summed E-state index contributed by atoms with van der Waals surface area (Å²) in [7, 11) is 1.26. The zero-order valence-corrected chi connectivity index (χ0v) is 16.3. The van der Waals surface area contributed by atoms with Crippen molar-refractivity contribution in [2.75, 3.05) is 12.8 Å². The van der Waals surface area contributed by atoms with Crippen molar-refractivity contribution >= 4 is 29.0 Å². The number of anilines is 1. The second-order valence-corrected chi connectivity index (χ2v) is 6.86. The van der Waals surface area contributed by atoms with Crippen molar-refractivity contribution in [3.8, 4) is 11.3 Å². The number of carbonyl (C=O) groups is 1. The number of ether oxygens (including phenoxy) is 1. The Balaban J connectivity index is 2.03. The van der Waals surface area contributed by atoms with Gasteiger partial charge in [0.1, 0.15) is 11.2 Å². The van der Waals surface area contributed by atoms with Gasteiger partial charge in [-0.05, 0) is 17.7 Å². The molecule has 0 saturated carbocycles. The highest BCUT2D eigenvalue weighted by atomic mass is 35.5. The molecule has 0 aliphatic rings. The molecule has 0 radical (unpaired) electrons. The second kappa shape index (κ2) is 7.44. The number of nitrogens with zero attached hydrogens (tertiary/aromatic N) is 3. The van der Waals surface area contributed by atoms with Gasteiger partial charge in [-0.1, -0.05) is 54.1 Å². The number of imidazole rings is 1. The van der Waals surface area contributed by atoms with E-state index in [0.717, 1.165) is 11.1 Å². The summed E-state index contributed by atoms with van der Waals surface area (Å²) in [5.41, 5.74) is 8.34. The molecule has 7 nitrogen and oxygen atoms in total. The van der Waals surface area contributed by atoms with Crippen LogP contribution in [0.5, 0.6) is 0 Å². The molecular formula is C21H17ClN4O3. The third-order valence-electron chi connectivity index (χ3n) is 4.57. The second-order valence-electron chi connectivity index (χ2n) is 6.42. The lowest BCUT2D eigenvalue weighted by atomic mass is 10.1. The maximum Gasteiger partial charge on any atom is 0.340 e. The first-order valence-corrected chi connectivity index (χ1v) is 9.17. The lowest BCUT2D eigenvalue weighted by molar-refractivity contribution is 0.0602. The summed E-state index contributed by atoms with van der Waals surface area (Å²) in [5.74, 6) is -0.553. The summed E-state index contributed by atoms with van der Waals surface area (Å²) >= 11 is 6.08. The van der Waals surface area contributed by atoms with Crippen LogP contribution in [0.15, 0.2) is 65.5 Å². The number of nitrogens with two attached hydrogens (primary N) is 1. The van der Waals surface area contributed by atoms with Gasteiger partial charge in [0.15, 0.2) is 0 Å². The van der Waals surface area contributed by atoms with Crippen molar-refractivity contribution in [2.45, 2.75) is 6.54 Å². The number of benzene rings is 2. The standard InChI is InChI=1S/C21H17ClN4O3/c1-29-20(28)16-11-17(27)25(12-13-6-5-9-15(22)10-13)26-19(16)18(24-21(26)23)14-7-3-2-4-8-14/h2-11H,12H2,1H3,(H2,23,24). The van der Waals surface area contributed by atoms with E-state index >= 15 is 0 Å². The molecule has 8 heteroatoms. The van der Waals surface area contributed by atoms with Crippen molar-refractivity contribution in [3.63, 3.8) is 0 Å². The molecule has 0 atom stereocenters. The first kappa shape index (κ1) is 18.8. The third-order valence-corrected chi connectivity index (χ3v) is 4.81. The molecular weight excluding hydrogens is 392 g/mol. The number of fused-ring (bicyclic) bond motifs is 1. The highest BCUT2D eigenvalue weighted by molar-refractivity contribution is 6.30. The minimum absolute atomic E-state index is 0.0868. The molecule has 146 valence electrons. The zero-order chi connectivity index (χ0) is 20.5. The summed E-state index contributed by atoms with van der Waals surface area (Å²) < 4.78 is 7.76. The summed E-state index contributed by atoms with van der Waals surface area (Å²) in [6.45, 7) is 0.201. The van der Waals surface area contributed by atoms with Crippen LogP contribution in [0.1, 0.15) is 15.9 Å². The minimum Gasteiger partial charge on any atom is -0.465 e. The summed E-state index contributed by atoms with van der Waals surface area (Å²) in [5, 5.41) is 0.557. The molecule has 0 saturated heterocycles. The van der Waals surface area contributed by atoms with Gasteiger partial charge in [-0.2, -0.15) is 0 Å². The largest absolute Gasteiger partial charge is 0.465 e. The van der Waals surface area contributed by atoms with E-state index in [1.54, 1.807) is 18.2 Å². The maximum absolute atomic E-state index is 12.9. The van der Waals surface area contributed by atoms with Crippen LogP contribution in [0.25, 0.3) is 16.8 Å². The number of methoxy groups -OCH3 is 1. The van der Waals surface area contributed by atoms with Crippen LogP contribution in [-0.4, -0.2) is 27.3 Å². The first-order chi connectivity index (χ1) is 14.0. The normalized spacial score (nSPS) is 11.0. The predicted octanol–water partition coefficient (Wildman–Crippen LogP) is 3.23. The number of carbonyl (C=O) groups excluding carboxylic acids is 1. The van der Waals surface area contributed by atoms with Gasteiger partial charge in [0, 0.05) is 16.7 Å². The van der Waals surface area contributed by atoms with Gasteiger partial charge in [0.05, 0.1) is 19.2 Å². The van der Waals surface area contributed by atoms with Gasteiger partial charge >= 0.3 is 5.97 Å². The van der Waals surface area contributed by atoms with Crippen molar-refractivity contribution in [1.29, 1.82) is 0 Å². The Kier molecular flexibility index (Phi) is 4.82. The van der Waals surface area contributed by atoms with Crippen LogP contribution in [0.4, 0.5) is 5.95 Å². The van der Waals surface area contributed by atoms with E-state index in [2.05, 4.69) is 4.98 Å². The van der Waals surface area contributed by atoms with E-state index in [1.165, 1.54) is 22.4 Å². The number of halogens is 1. The van der Waals surface area contributed by atoms with Gasteiger partial charge in [0.25, 0.3) is 5.56 Å². The van der Waals surface area contributed by atoms with Crippen molar-refractivity contribution in [1.82, 2.24) is 14.2 Å². The number of hydrogen-bond donors (Lipinski definition) is 1. The highest BCUT2D eigenvalue weighted by Crippen LogP contribution is 2.28. The van der Waals surface area contributed by atoms with E-state index in [4.69, 9.17) is 22.1 Å². The fraction of sp³-hybridized carbons (Fsp3) is 0.0952. The Labute approximate surface area is 170 Å². The highest BCUT2D eigenvalue weighted by Gasteiger charge is 2.23. The Morgan fingerprint density at radius 1 is 1.14 bits per heavy atom. The summed E-state index contributed by atoms with van der Waals surface area (Å²) in [6.07, 6.45) is 0. The Morgan fingerprint density at radius 3 is 2.59 bits per heavy atom. The topological polar surface area (TPSA) is 91.6 Å². The van der Waals surface area contributed by atoms with Gasteiger partial charge in [-0.15, -0.1) is 0 Å². The molecule has 2 aromatic heterocycles. The lowest BCUT2D eigenvalue weighted by Gasteiger charge is -2.13. The Bertz CT molecular complexity index is 1280. The average molecular weight is 409 g/mol. The number of hydrogen-bond acceptors (Lipinski definition) is 5. The smallest absolute Gasteiger partial charge is 0.340 e. The molecule has 29 heavy (non-hydrogen) atoms. The average Bonchev–Trinajstić information content (AvgIpc) is 3.07. The van der Waals surface area contributed by atoms with E-state index in [1.807, 2.05) is 36.4 Å². The van der Waals surface area contributed by atoms with Crippen LogP contribution in [0, 0.1) is 0 Å². The van der Waals surface area contributed by atoms with Gasteiger partial charge in [0.2, 0.25) is 5.95 Å². The number of nitrogen functional groups attached to an aromatic ring is 1. The molecule has 0 unspecified atom stereocenters. The van der Waals surface area contributed by atoms with Gasteiger partial charge < -0.3 is 10.5 Å². The molecule has 0 aliphatic carbocycles. The van der Waals surface area contributed by atoms with E-state index in [0.29, 0.717) is 16.2 Å². The molecule has 0 amide bonds. The molecule has 0 bridgehead atoms. The van der Waals surface area contributed by atoms with Gasteiger partial charge in [-0.25, -0.2) is 19.0 Å². The molecule has 2 N–H and O–H groups in total. The van der Waals surface area contributed by atoms with Gasteiger partial charge in [-0.3, -0.25) is 4.79 Å². The minimum atomic E-state index is -0.640. The van der Waals surface area contributed by atoms with Crippen molar-refractivity contribution in [2.24, 2.45) is 0 Å². The SMILES string of the molecule is COC(=O)c1cc(=O)n(Cc2cccc(Cl)c2)n2c(N)nc(-c3ccccc3)c12. The van der Waals surface area contributed by atoms with Crippen LogP contribution in [0.2, 0.25) is 5.02 Å². The predicted molar refractivity (Wildman–Crippen MR) is 111 cm³/mol. The van der Waals surface area contributed by atoms with E-state index in [-0.39, 0.29) is 18.1 Å². The fourth-order valence-corrected chi connectivity index (χ4v) is 3.51. The maximum atomic E-state index is 12.9. The Morgan fingerprint density at radius 2 is 1.90 bits per heavy atom. The van der Waals surface area contributed by atoms with Crippen LogP contribution in [0.3, 0.4) is 0 Å². The molecule has 0 fully saturated rings. The quantitative estimate of drug-likeness (QED) is 0.523. The number of esters is 1. The molecule has 4 aromatic rings. The zero-order valence-electron chi connectivity index (χ0n) is 15.5. The third kappa shape index (κ3) is 3.36. The van der Waals surface area contributed by atoms with E-state index < -0.39 is 11.5 Å². The van der Waals surface area contributed by atoms with Crippen LogP contribution < -0.4 is 11.3 Å². The monoisotopic (exact) mass is 408 g/mol. The lowest BCUT2D eigenvalue weighted by Crippen LogP contribution is -2.29. The Hall–Kier alpha value is -3.58. The summed E-state index contributed by atoms with van der Waals surface area (Å²) in [6, 6.07) is 17.7. The number of aromatic nitrogens is 3. The molecule has 2 aromatic carbocycles. The molecule has 2 heterocycles. The molecule has 0 aliphatic heterocycles.